The second-order valence-electron chi connectivity index (χ2n) is 5.30. The highest BCUT2D eigenvalue weighted by molar-refractivity contribution is 9.10. The quantitative estimate of drug-likeness (QED) is 0.671. The normalized spacial score (nSPS) is 23.1. The number of aromatic nitrogens is 1. The molecule has 19 heavy (non-hydrogen) atoms. The lowest BCUT2D eigenvalue weighted by Crippen LogP contribution is -2.26. The number of halogens is 1. The number of pyridine rings is 1. The van der Waals surface area contributed by atoms with Gasteiger partial charge in [-0.1, -0.05) is 19.8 Å². The van der Waals surface area contributed by atoms with Crippen LogP contribution in [0.2, 0.25) is 0 Å². The number of anilines is 1. The Kier molecular flexibility index (Phi) is 4.39. The predicted molar refractivity (Wildman–Crippen MR) is 78.4 cm³/mol. The summed E-state index contributed by atoms with van der Waals surface area (Å²) in [7, 11) is 0. The van der Waals surface area contributed by atoms with Crippen LogP contribution in [0, 0.1) is 23.0 Å². The van der Waals surface area contributed by atoms with Crippen LogP contribution < -0.4 is 5.32 Å². The Balaban J connectivity index is 2.17. The fourth-order valence-electron chi connectivity index (χ4n) is 2.61. The van der Waals surface area contributed by atoms with Crippen LogP contribution in [0.3, 0.4) is 0 Å². The van der Waals surface area contributed by atoms with E-state index in [1.165, 1.54) is 19.0 Å². The van der Waals surface area contributed by atoms with Gasteiger partial charge in [-0.15, -0.1) is 0 Å². The first-order valence-electron chi connectivity index (χ1n) is 6.55. The number of hydrogen-bond donors (Lipinski definition) is 1. The summed E-state index contributed by atoms with van der Waals surface area (Å²) in [4.78, 5) is 14.6. The zero-order chi connectivity index (χ0) is 14.0. The minimum Gasteiger partial charge on any atom is -0.366 e. The zero-order valence-corrected chi connectivity index (χ0v) is 12.7. The molecule has 1 aromatic heterocycles. The predicted octanol–water partition coefficient (Wildman–Crippen LogP) is 4.05. The smallest absolute Gasteiger partial charge is 0.291 e. The van der Waals surface area contributed by atoms with Gasteiger partial charge in [0.1, 0.15) is 12.0 Å². The SMILES string of the molecule is Cc1c([N+](=O)[O-])cnc(NC2CCCC(C)C2)c1Br. The maximum Gasteiger partial charge on any atom is 0.291 e. The van der Waals surface area contributed by atoms with E-state index in [2.05, 4.69) is 33.2 Å². The maximum atomic E-state index is 10.8. The average molecular weight is 328 g/mol. The number of rotatable bonds is 3. The van der Waals surface area contributed by atoms with Gasteiger partial charge in [0.05, 0.1) is 9.40 Å². The van der Waals surface area contributed by atoms with Crippen molar-refractivity contribution >= 4 is 27.4 Å². The van der Waals surface area contributed by atoms with E-state index < -0.39 is 4.92 Å². The average Bonchev–Trinajstić information content (AvgIpc) is 2.35. The molecule has 2 atom stereocenters. The number of hydrogen-bond acceptors (Lipinski definition) is 4. The number of nitro groups is 1. The molecule has 0 aromatic carbocycles. The van der Waals surface area contributed by atoms with Gasteiger partial charge in [0.25, 0.3) is 5.69 Å². The van der Waals surface area contributed by atoms with E-state index in [0.29, 0.717) is 21.9 Å². The third kappa shape index (κ3) is 3.23. The second kappa shape index (κ2) is 5.86. The molecule has 0 aliphatic heterocycles. The van der Waals surface area contributed by atoms with Crippen molar-refractivity contribution in [2.24, 2.45) is 5.92 Å². The fourth-order valence-corrected chi connectivity index (χ4v) is 3.03. The van der Waals surface area contributed by atoms with Crippen LogP contribution in [-0.2, 0) is 0 Å². The van der Waals surface area contributed by atoms with Crippen molar-refractivity contribution in [3.05, 3.63) is 26.3 Å². The van der Waals surface area contributed by atoms with Crippen LogP contribution in [0.5, 0.6) is 0 Å². The van der Waals surface area contributed by atoms with Crippen LogP contribution in [0.4, 0.5) is 11.5 Å². The molecule has 0 saturated heterocycles. The van der Waals surface area contributed by atoms with Crippen LogP contribution in [-0.4, -0.2) is 15.9 Å². The molecule has 1 fully saturated rings. The first kappa shape index (κ1) is 14.2. The highest BCUT2D eigenvalue weighted by Gasteiger charge is 2.22. The molecule has 2 unspecified atom stereocenters. The summed E-state index contributed by atoms with van der Waals surface area (Å²) in [5.41, 5.74) is 0.667. The molecule has 6 heteroatoms. The summed E-state index contributed by atoms with van der Waals surface area (Å²) in [5.74, 6) is 1.44. The van der Waals surface area contributed by atoms with Gasteiger partial charge in [0, 0.05) is 11.6 Å². The van der Waals surface area contributed by atoms with Gasteiger partial charge >= 0.3 is 0 Å². The van der Waals surface area contributed by atoms with E-state index >= 15 is 0 Å². The molecular weight excluding hydrogens is 310 g/mol. The molecule has 1 heterocycles. The molecule has 0 bridgehead atoms. The largest absolute Gasteiger partial charge is 0.366 e. The summed E-state index contributed by atoms with van der Waals surface area (Å²) in [6, 6.07) is 0.411. The lowest BCUT2D eigenvalue weighted by Gasteiger charge is -2.28. The summed E-state index contributed by atoms with van der Waals surface area (Å²) >= 11 is 3.41. The lowest BCUT2D eigenvalue weighted by molar-refractivity contribution is -0.385. The Bertz CT molecular complexity index is 493. The van der Waals surface area contributed by atoms with Gasteiger partial charge in [-0.3, -0.25) is 10.1 Å². The van der Waals surface area contributed by atoms with Gasteiger partial charge in [-0.25, -0.2) is 4.98 Å². The minimum absolute atomic E-state index is 0.0504. The Hall–Kier alpha value is -1.17. The molecule has 0 radical (unpaired) electrons. The van der Waals surface area contributed by atoms with Crippen molar-refractivity contribution < 1.29 is 4.92 Å². The molecular formula is C13H18BrN3O2. The molecule has 5 nitrogen and oxygen atoms in total. The summed E-state index contributed by atoms with van der Waals surface area (Å²) in [6.45, 7) is 4.00. The van der Waals surface area contributed by atoms with Gasteiger partial charge in [-0.2, -0.15) is 0 Å². The van der Waals surface area contributed by atoms with Crippen LogP contribution in [0.1, 0.15) is 38.2 Å². The van der Waals surface area contributed by atoms with Gasteiger partial charge < -0.3 is 5.32 Å². The van der Waals surface area contributed by atoms with Crippen molar-refractivity contribution in [2.75, 3.05) is 5.32 Å². The molecule has 1 aromatic rings. The zero-order valence-electron chi connectivity index (χ0n) is 11.1. The summed E-state index contributed by atoms with van der Waals surface area (Å²) in [5, 5.41) is 14.2. The van der Waals surface area contributed by atoms with Crippen molar-refractivity contribution in [3.8, 4) is 0 Å². The van der Waals surface area contributed by atoms with Crippen molar-refractivity contribution in [3.63, 3.8) is 0 Å². The van der Waals surface area contributed by atoms with Gasteiger partial charge in [0.2, 0.25) is 0 Å². The first-order valence-corrected chi connectivity index (χ1v) is 7.34. The molecule has 0 spiro atoms. The third-order valence-electron chi connectivity index (χ3n) is 3.71. The minimum atomic E-state index is -0.403. The van der Waals surface area contributed by atoms with E-state index in [4.69, 9.17) is 0 Å². The molecule has 104 valence electrons. The van der Waals surface area contributed by atoms with Crippen molar-refractivity contribution in [1.29, 1.82) is 0 Å². The molecule has 1 aliphatic carbocycles. The topological polar surface area (TPSA) is 68.1 Å². The standard InChI is InChI=1S/C13H18BrN3O2/c1-8-4-3-5-10(6-8)16-13-12(14)9(2)11(7-15-13)17(18)19/h7-8,10H,3-6H2,1-2H3,(H,15,16). The van der Waals surface area contributed by atoms with E-state index in [9.17, 15) is 10.1 Å². The molecule has 1 aliphatic rings. The van der Waals surface area contributed by atoms with E-state index in [1.807, 2.05) is 0 Å². The van der Waals surface area contributed by atoms with Crippen molar-refractivity contribution in [2.45, 2.75) is 45.6 Å². The van der Waals surface area contributed by atoms with E-state index in [0.717, 1.165) is 18.8 Å². The fraction of sp³-hybridized carbons (Fsp3) is 0.615. The van der Waals surface area contributed by atoms with Gasteiger partial charge in [0.15, 0.2) is 0 Å². The summed E-state index contributed by atoms with van der Waals surface area (Å²) < 4.78 is 0.694. The van der Waals surface area contributed by atoms with Crippen LogP contribution in [0.25, 0.3) is 0 Å². The highest BCUT2D eigenvalue weighted by Crippen LogP contribution is 2.33. The van der Waals surface area contributed by atoms with Crippen molar-refractivity contribution in [1.82, 2.24) is 4.98 Å². The Morgan fingerprint density at radius 1 is 1.53 bits per heavy atom. The van der Waals surface area contributed by atoms with Gasteiger partial charge in [-0.05, 0) is 41.6 Å². The molecule has 1 N–H and O–H groups in total. The highest BCUT2D eigenvalue weighted by atomic mass is 79.9. The van der Waals surface area contributed by atoms with Crippen LogP contribution in [0.15, 0.2) is 10.7 Å². The summed E-state index contributed by atoms with van der Waals surface area (Å²) in [6.07, 6.45) is 6.10. The second-order valence-corrected chi connectivity index (χ2v) is 6.09. The number of nitrogens with zero attached hydrogens (tertiary/aromatic N) is 2. The molecule has 2 rings (SSSR count). The monoisotopic (exact) mass is 327 g/mol. The molecule has 1 saturated carbocycles. The lowest BCUT2D eigenvalue weighted by atomic mass is 9.87. The third-order valence-corrected chi connectivity index (χ3v) is 4.68. The first-order chi connectivity index (χ1) is 8.99. The van der Waals surface area contributed by atoms with E-state index in [-0.39, 0.29) is 5.69 Å². The molecule has 0 amide bonds. The Morgan fingerprint density at radius 2 is 2.26 bits per heavy atom. The number of nitrogens with one attached hydrogen (secondary N) is 1. The maximum absolute atomic E-state index is 10.8. The van der Waals surface area contributed by atoms with E-state index in [1.54, 1.807) is 6.92 Å². The van der Waals surface area contributed by atoms with Crippen LogP contribution >= 0.6 is 15.9 Å². The Labute approximate surface area is 121 Å². The Morgan fingerprint density at radius 3 is 2.89 bits per heavy atom.